The molecule has 0 saturated heterocycles. The third-order valence-corrected chi connectivity index (χ3v) is 8.84. The molecule has 1 unspecified atom stereocenters. The fourth-order valence-corrected chi connectivity index (χ4v) is 5.83. The number of hydrogen-bond acceptors (Lipinski definition) is 6. The predicted molar refractivity (Wildman–Crippen MR) is 163 cm³/mol. The van der Waals surface area contributed by atoms with Crippen LogP contribution in [0.25, 0.3) is 0 Å². The molecule has 11 heteroatoms. The topological polar surface area (TPSA) is 105 Å². The Morgan fingerprint density at radius 3 is 2.22 bits per heavy atom. The Morgan fingerprint density at radius 1 is 0.951 bits per heavy atom. The van der Waals surface area contributed by atoms with Gasteiger partial charge < -0.3 is 19.7 Å². The predicted octanol–water partition coefficient (Wildman–Crippen LogP) is 5.00. The Hall–Kier alpha value is -3.57. The molecule has 2 amide bonds. The van der Waals surface area contributed by atoms with E-state index in [1.807, 2.05) is 31.2 Å². The molecule has 0 aliphatic carbocycles. The summed E-state index contributed by atoms with van der Waals surface area (Å²) in [5, 5.41) is 2.88. The minimum atomic E-state index is -4.19. The van der Waals surface area contributed by atoms with Crippen LogP contribution in [0.2, 0.25) is 0 Å². The summed E-state index contributed by atoms with van der Waals surface area (Å²) in [5.41, 5.74) is 1.00. The molecule has 0 bridgehead atoms. The molecular weight excluding hydrogens is 610 g/mol. The number of carbonyl (C=O) groups excluding carboxylic acids is 2. The highest BCUT2D eigenvalue weighted by Gasteiger charge is 2.33. The van der Waals surface area contributed by atoms with Crippen LogP contribution in [-0.2, 0) is 26.2 Å². The zero-order valence-corrected chi connectivity index (χ0v) is 26.1. The van der Waals surface area contributed by atoms with Gasteiger partial charge in [-0.25, -0.2) is 8.42 Å². The SMILES string of the molecule is CCCCNC(=O)C(C)N(Cc1ccc(Br)cc1)C(=O)CN(c1ccc(OC)c(OC)c1)S(=O)(=O)c1ccccc1. The van der Waals surface area contributed by atoms with E-state index in [0.717, 1.165) is 27.2 Å². The van der Waals surface area contributed by atoms with Gasteiger partial charge in [0.15, 0.2) is 11.5 Å². The molecule has 0 aliphatic rings. The van der Waals surface area contributed by atoms with Crippen molar-refractivity contribution < 1.29 is 27.5 Å². The maximum Gasteiger partial charge on any atom is 0.264 e. The number of nitrogens with zero attached hydrogens (tertiary/aromatic N) is 2. The first-order chi connectivity index (χ1) is 19.6. The molecule has 220 valence electrons. The zero-order valence-electron chi connectivity index (χ0n) is 23.7. The van der Waals surface area contributed by atoms with Crippen LogP contribution in [-0.4, -0.2) is 58.5 Å². The van der Waals surface area contributed by atoms with E-state index in [1.54, 1.807) is 37.3 Å². The number of sulfonamides is 1. The fourth-order valence-electron chi connectivity index (χ4n) is 4.13. The van der Waals surface area contributed by atoms with Crippen molar-refractivity contribution in [3.8, 4) is 11.5 Å². The number of hydrogen-bond donors (Lipinski definition) is 1. The normalized spacial score (nSPS) is 11.8. The third-order valence-electron chi connectivity index (χ3n) is 6.53. The highest BCUT2D eigenvalue weighted by Crippen LogP contribution is 2.34. The molecule has 0 radical (unpaired) electrons. The van der Waals surface area contributed by atoms with Crippen molar-refractivity contribution in [1.82, 2.24) is 10.2 Å². The van der Waals surface area contributed by atoms with Crippen LogP contribution in [0.3, 0.4) is 0 Å². The van der Waals surface area contributed by atoms with Crippen LogP contribution in [0.4, 0.5) is 5.69 Å². The Bertz CT molecular complexity index is 1420. The molecule has 3 rings (SSSR count). The van der Waals surface area contributed by atoms with Gasteiger partial charge in [-0.15, -0.1) is 0 Å². The minimum absolute atomic E-state index is 0.0207. The molecule has 3 aromatic carbocycles. The molecule has 9 nitrogen and oxygen atoms in total. The van der Waals surface area contributed by atoms with E-state index < -0.39 is 28.5 Å². The van der Waals surface area contributed by atoms with Gasteiger partial charge in [0, 0.05) is 23.6 Å². The van der Waals surface area contributed by atoms with E-state index in [9.17, 15) is 18.0 Å². The summed E-state index contributed by atoms with van der Waals surface area (Å²) >= 11 is 3.42. The number of anilines is 1. The van der Waals surface area contributed by atoms with Gasteiger partial charge >= 0.3 is 0 Å². The van der Waals surface area contributed by atoms with E-state index >= 15 is 0 Å². The summed E-state index contributed by atoms with van der Waals surface area (Å²) in [5.74, 6) is -0.136. The molecule has 0 aliphatic heterocycles. The van der Waals surface area contributed by atoms with Crippen LogP contribution >= 0.6 is 15.9 Å². The maximum atomic E-state index is 14.0. The van der Waals surface area contributed by atoms with E-state index in [1.165, 1.54) is 37.3 Å². The standard InChI is InChI=1S/C30H36BrN3O6S/c1-5-6-18-32-30(36)22(2)33(20-23-12-14-24(31)15-13-23)29(35)21-34(41(37,38)26-10-8-7-9-11-26)25-16-17-27(39-3)28(19-25)40-4/h7-17,19,22H,5-6,18,20-21H2,1-4H3,(H,32,36). The molecule has 0 fully saturated rings. The van der Waals surface area contributed by atoms with Gasteiger partial charge in [0.1, 0.15) is 12.6 Å². The van der Waals surface area contributed by atoms with Crippen molar-refractivity contribution >= 4 is 43.5 Å². The molecule has 0 spiro atoms. The summed E-state index contributed by atoms with van der Waals surface area (Å²) < 4.78 is 40.5. The molecule has 0 heterocycles. The minimum Gasteiger partial charge on any atom is -0.493 e. The van der Waals surface area contributed by atoms with Gasteiger partial charge in [-0.3, -0.25) is 13.9 Å². The van der Waals surface area contributed by atoms with Gasteiger partial charge in [0.25, 0.3) is 10.0 Å². The number of amides is 2. The summed E-state index contributed by atoms with van der Waals surface area (Å²) in [6, 6.07) is 19.1. The van der Waals surface area contributed by atoms with Crippen molar-refractivity contribution in [2.45, 2.75) is 44.2 Å². The number of unbranched alkanes of at least 4 members (excludes halogenated alkanes) is 1. The molecule has 0 aromatic heterocycles. The van der Waals surface area contributed by atoms with Crippen LogP contribution in [0.1, 0.15) is 32.3 Å². The number of rotatable bonds is 14. The smallest absolute Gasteiger partial charge is 0.264 e. The Kier molecular flexibility index (Phi) is 11.6. The largest absolute Gasteiger partial charge is 0.493 e. The van der Waals surface area contributed by atoms with Gasteiger partial charge in [0.2, 0.25) is 11.8 Å². The first-order valence-corrected chi connectivity index (χ1v) is 15.5. The average molecular weight is 647 g/mol. The van der Waals surface area contributed by atoms with Crippen molar-refractivity contribution in [3.63, 3.8) is 0 Å². The number of benzene rings is 3. The highest BCUT2D eigenvalue weighted by molar-refractivity contribution is 9.10. The summed E-state index contributed by atoms with van der Waals surface area (Å²) in [4.78, 5) is 28.5. The van der Waals surface area contributed by atoms with E-state index in [-0.39, 0.29) is 23.0 Å². The second-order valence-electron chi connectivity index (χ2n) is 9.33. The lowest BCUT2D eigenvalue weighted by atomic mass is 10.1. The molecule has 0 saturated carbocycles. The third kappa shape index (κ3) is 8.23. The van der Waals surface area contributed by atoms with E-state index in [0.29, 0.717) is 18.0 Å². The Morgan fingerprint density at radius 2 is 1.61 bits per heavy atom. The van der Waals surface area contributed by atoms with Gasteiger partial charge in [-0.05, 0) is 55.3 Å². The summed E-state index contributed by atoms with van der Waals surface area (Å²) in [6.45, 7) is 3.72. The number of carbonyl (C=O) groups is 2. The zero-order chi connectivity index (χ0) is 30.0. The van der Waals surface area contributed by atoms with E-state index in [4.69, 9.17) is 9.47 Å². The monoisotopic (exact) mass is 645 g/mol. The summed E-state index contributed by atoms with van der Waals surface area (Å²) in [6.07, 6.45) is 1.72. The fraction of sp³-hybridized carbons (Fsp3) is 0.333. The average Bonchev–Trinajstić information content (AvgIpc) is 2.99. The Labute approximate surface area is 250 Å². The quantitative estimate of drug-likeness (QED) is 0.248. The van der Waals surface area contributed by atoms with Crippen molar-refractivity contribution in [2.75, 3.05) is 31.6 Å². The lowest BCUT2D eigenvalue weighted by molar-refractivity contribution is -0.139. The van der Waals surface area contributed by atoms with E-state index in [2.05, 4.69) is 21.2 Å². The second kappa shape index (κ2) is 14.9. The first-order valence-electron chi connectivity index (χ1n) is 13.2. The van der Waals surface area contributed by atoms with Gasteiger partial charge in [-0.1, -0.05) is 59.6 Å². The molecule has 41 heavy (non-hydrogen) atoms. The lowest BCUT2D eigenvalue weighted by Crippen LogP contribution is -2.51. The maximum absolute atomic E-state index is 14.0. The molecule has 3 aromatic rings. The van der Waals surface area contributed by atoms with Gasteiger partial charge in [-0.2, -0.15) is 0 Å². The van der Waals surface area contributed by atoms with Crippen LogP contribution in [0, 0.1) is 0 Å². The van der Waals surface area contributed by atoms with Crippen molar-refractivity contribution in [2.24, 2.45) is 0 Å². The number of ether oxygens (including phenoxy) is 2. The highest BCUT2D eigenvalue weighted by atomic mass is 79.9. The number of nitrogens with one attached hydrogen (secondary N) is 1. The number of halogens is 1. The van der Waals surface area contributed by atoms with Crippen LogP contribution in [0.15, 0.2) is 82.2 Å². The van der Waals surface area contributed by atoms with Gasteiger partial charge in [0.05, 0.1) is 24.8 Å². The molecule has 1 atom stereocenters. The second-order valence-corrected chi connectivity index (χ2v) is 12.1. The first kappa shape index (κ1) is 32.0. The molecular formula is C30H36BrN3O6S. The lowest BCUT2D eigenvalue weighted by Gasteiger charge is -2.32. The summed E-state index contributed by atoms with van der Waals surface area (Å²) in [7, 11) is -1.26. The van der Waals surface area contributed by atoms with Crippen LogP contribution < -0.4 is 19.1 Å². The van der Waals surface area contributed by atoms with Crippen LogP contribution in [0.5, 0.6) is 11.5 Å². The number of methoxy groups -OCH3 is 2. The Balaban J connectivity index is 2.04. The molecule has 1 N–H and O–H groups in total. The van der Waals surface area contributed by atoms with Crippen molar-refractivity contribution in [1.29, 1.82) is 0 Å². The van der Waals surface area contributed by atoms with Crippen molar-refractivity contribution in [3.05, 3.63) is 82.8 Å².